The highest BCUT2D eigenvalue weighted by Gasteiger charge is 2.35. The third kappa shape index (κ3) is 2.26. The van der Waals surface area contributed by atoms with Crippen LogP contribution >= 0.6 is 0 Å². The molecule has 0 fully saturated rings. The molecule has 1 unspecified atom stereocenters. The van der Waals surface area contributed by atoms with Gasteiger partial charge in [-0.2, -0.15) is 4.98 Å². The normalized spacial score (nSPS) is 13.5. The lowest BCUT2D eigenvalue weighted by molar-refractivity contribution is -0.117. The van der Waals surface area contributed by atoms with Crippen LogP contribution in [0, 0.1) is 0 Å². The molecule has 8 heteroatoms. The number of hydrogen-bond donors (Lipinski definition) is 2. The highest BCUT2D eigenvalue weighted by molar-refractivity contribution is 7.92. The smallest absolute Gasteiger partial charge is 0.316 e. The van der Waals surface area contributed by atoms with Crippen LogP contribution in [0.25, 0.3) is 11.1 Å². The molecule has 0 aliphatic heterocycles. The number of rotatable bonds is 4. The van der Waals surface area contributed by atoms with Gasteiger partial charge in [0.2, 0.25) is 15.7 Å². The molecule has 102 valence electrons. The number of anilines is 1. The van der Waals surface area contributed by atoms with Crippen molar-refractivity contribution in [2.24, 2.45) is 5.73 Å². The summed E-state index contributed by atoms with van der Waals surface area (Å²) in [7, 11) is -4.02. The van der Waals surface area contributed by atoms with Gasteiger partial charge in [0.15, 0.2) is 5.58 Å². The molecule has 1 heterocycles. The Bertz CT molecular complexity index is 735. The van der Waals surface area contributed by atoms with Crippen LogP contribution in [0.1, 0.15) is 13.3 Å². The van der Waals surface area contributed by atoms with Gasteiger partial charge in [0.25, 0.3) is 0 Å². The first-order chi connectivity index (χ1) is 8.86. The van der Waals surface area contributed by atoms with E-state index in [0.29, 0.717) is 11.2 Å². The quantitative estimate of drug-likeness (QED) is 0.783. The number of carbonyl (C=O) groups is 1. The van der Waals surface area contributed by atoms with E-state index in [1.807, 2.05) is 0 Å². The van der Waals surface area contributed by atoms with E-state index in [-0.39, 0.29) is 12.0 Å². The molecule has 0 spiro atoms. The largest absolute Gasteiger partial charge is 0.428 e. The Morgan fingerprint density at radius 3 is 2.74 bits per heavy atom. The molecule has 1 aromatic heterocycles. The number of nitrogen functional groups attached to an aromatic ring is 1. The van der Waals surface area contributed by atoms with Gasteiger partial charge in [0.1, 0.15) is 10.8 Å². The summed E-state index contributed by atoms with van der Waals surface area (Å²) >= 11 is 0. The number of primary amides is 1. The van der Waals surface area contributed by atoms with Crippen molar-refractivity contribution in [2.75, 3.05) is 5.73 Å². The minimum absolute atomic E-state index is 0.0541. The van der Waals surface area contributed by atoms with Crippen LogP contribution in [0.4, 0.5) is 5.69 Å². The summed E-state index contributed by atoms with van der Waals surface area (Å²) in [6.07, 6.45) is 0.0541. The van der Waals surface area contributed by atoms with E-state index in [2.05, 4.69) is 4.98 Å². The van der Waals surface area contributed by atoms with Gasteiger partial charge in [0.05, 0.1) is 0 Å². The van der Waals surface area contributed by atoms with Crippen molar-refractivity contribution in [3.8, 4) is 0 Å². The van der Waals surface area contributed by atoms with Gasteiger partial charge < -0.3 is 15.9 Å². The molecular weight excluding hydrogens is 270 g/mol. The Balaban J connectivity index is 2.57. The molecule has 7 nitrogen and oxygen atoms in total. The monoisotopic (exact) mass is 283 g/mol. The molecule has 1 aromatic carbocycles. The first kappa shape index (κ1) is 13.3. The molecule has 0 bridgehead atoms. The zero-order valence-corrected chi connectivity index (χ0v) is 11.0. The van der Waals surface area contributed by atoms with Crippen molar-refractivity contribution in [2.45, 2.75) is 23.8 Å². The maximum Gasteiger partial charge on any atom is 0.316 e. The number of carbonyl (C=O) groups excluding carboxylic acids is 1. The van der Waals surface area contributed by atoms with E-state index >= 15 is 0 Å². The van der Waals surface area contributed by atoms with Gasteiger partial charge in [-0.1, -0.05) is 6.92 Å². The van der Waals surface area contributed by atoms with Crippen molar-refractivity contribution in [1.29, 1.82) is 0 Å². The number of nitrogens with two attached hydrogens (primary N) is 2. The Labute approximate surface area is 109 Å². The lowest BCUT2D eigenvalue weighted by Gasteiger charge is -2.08. The van der Waals surface area contributed by atoms with Gasteiger partial charge in [-0.15, -0.1) is 0 Å². The van der Waals surface area contributed by atoms with Crippen LogP contribution in [0.15, 0.2) is 27.8 Å². The van der Waals surface area contributed by atoms with E-state index in [4.69, 9.17) is 15.9 Å². The Morgan fingerprint density at radius 1 is 1.47 bits per heavy atom. The topological polar surface area (TPSA) is 129 Å². The molecule has 1 amide bonds. The zero-order valence-electron chi connectivity index (χ0n) is 10.2. The summed E-state index contributed by atoms with van der Waals surface area (Å²) in [5, 5.41) is -1.86. The number of aromatic nitrogens is 1. The van der Waals surface area contributed by atoms with Gasteiger partial charge in [0, 0.05) is 5.69 Å². The second-order valence-electron chi connectivity index (χ2n) is 4.05. The molecule has 1 atom stereocenters. The van der Waals surface area contributed by atoms with Crippen molar-refractivity contribution in [3.05, 3.63) is 18.2 Å². The summed E-state index contributed by atoms with van der Waals surface area (Å²) in [6, 6.07) is 4.57. The average molecular weight is 283 g/mol. The number of nitrogens with zero attached hydrogens (tertiary/aromatic N) is 1. The zero-order chi connectivity index (χ0) is 14.2. The van der Waals surface area contributed by atoms with Crippen molar-refractivity contribution in [1.82, 2.24) is 4.98 Å². The van der Waals surface area contributed by atoms with E-state index in [9.17, 15) is 13.2 Å². The fourth-order valence-corrected chi connectivity index (χ4v) is 3.16. The van der Waals surface area contributed by atoms with Crippen LogP contribution < -0.4 is 11.5 Å². The molecule has 0 saturated heterocycles. The standard InChI is InChI=1S/C11H13N3O4S/c1-2-9(10(13)15)19(16,17)11-14-7-5-6(12)3-4-8(7)18-11/h3-5,9H,2,12H2,1H3,(H2,13,15). The molecule has 0 saturated carbocycles. The number of oxazole rings is 1. The molecule has 2 aromatic rings. The second-order valence-corrected chi connectivity index (χ2v) is 6.06. The summed E-state index contributed by atoms with van der Waals surface area (Å²) in [5.74, 6) is -0.927. The van der Waals surface area contributed by atoms with Crippen LogP contribution in [-0.4, -0.2) is 24.6 Å². The lowest BCUT2D eigenvalue weighted by atomic mass is 10.3. The van der Waals surface area contributed by atoms with Crippen molar-refractivity contribution >= 4 is 32.5 Å². The minimum Gasteiger partial charge on any atom is -0.428 e. The molecule has 0 aliphatic rings. The average Bonchev–Trinajstić information content (AvgIpc) is 2.72. The molecule has 19 heavy (non-hydrogen) atoms. The number of fused-ring (bicyclic) bond motifs is 1. The highest BCUT2D eigenvalue weighted by Crippen LogP contribution is 2.24. The number of hydrogen-bond acceptors (Lipinski definition) is 6. The van der Waals surface area contributed by atoms with E-state index in [1.165, 1.54) is 12.1 Å². The SMILES string of the molecule is CCC(C(N)=O)S(=O)(=O)c1nc2cc(N)ccc2o1. The molecule has 0 radical (unpaired) electrons. The predicted octanol–water partition coefficient (Wildman–Crippen LogP) is 0.448. The van der Waals surface area contributed by atoms with Gasteiger partial charge in [-0.3, -0.25) is 4.79 Å². The van der Waals surface area contributed by atoms with Gasteiger partial charge >= 0.3 is 5.22 Å². The number of benzene rings is 1. The Morgan fingerprint density at radius 2 is 2.16 bits per heavy atom. The molecule has 4 N–H and O–H groups in total. The van der Waals surface area contributed by atoms with Crippen LogP contribution in [0.2, 0.25) is 0 Å². The fraction of sp³-hybridized carbons (Fsp3) is 0.273. The summed E-state index contributed by atoms with van der Waals surface area (Å²) in [5.41, 5.74) is 11.7. The van der Waals surface area contributed by atoms with Crippen LogP contribution in [0.5, 0.6) is 0 Å². The lowest BCUT2D eigenvalue weighted by Crippen LogP contribution is -2.35. The number of amides is 1. The second kappa shape index (κ2) is 4.54. The summed E-state index contributed by atoms with van der Waals surface area (Å²) in [4.78, 5) is 15.0. The molecule has 0 aliphatic carbocycles. The van der Waals surface area contributed by atoms with Crippen molar-refractivity contribution in [3.63, 3.8) is 0 Å². The maximum atomic E-state index is 12.2. The third-order valence-corrected chi connectivity index (χ3v) is 4.67. The molecular formula is C11H13N3O4S. The molecule has 2 rings (SSSR count). The summed E-state index contributed by atoms with van der Waals surface area (Å²) < 4.78 is 29.5. The minimum atomic E-state index is -4.02. The van der Waals surface area contributed by atoms with Gasteiger partial charge in [-0.25, -0.2) is 8.42 Å². The predicted molar refractivity (Wildman–Crippen MR) is 68.9 cm³/mol. The van der Waals surface area contributed by atoms with E-state index in [0.717, 1.165) is 0 Å². The number of sulfone groups is 1. The van der Waals surface area contributed by atoms with Crippen LogP contribution in [-0.2, 0) is 14.6 Å². The highest BCUT2D eigenvalue weighted by atomic mass is 32.2. The fourth-order valence-electron chi connectivity index (χ4n) is 1.74. The Hall–Kier alpha value is -2.09. The Kier molecular flexibility index (Phi) is 3.19. The first-order valence-electron chi connectivity index (χ1n) is 5.55. The third-order valence-electron chi connectivity index (χ3n) is 2.70. The van der Waals surface area contributed by atoms with Crippen molar-refractivity contribution < 1.29 is 17.6 Å². The van der Waals surface area contributed by atoms with E-state index in [1.54, 1.807) is 13.0 Å². The van der Waals surface area contributed by atoms with Crippen LogP contribution in [0.3, 0.4) is 0 Å². The van der Waals surface area contributed by atoms with E-state index < -0.39 is 26.2 Å². The van der Waals surface area contributed by atoms with Gasteiger partial charge in [-0.05, 0) is 24.6 Å². The summed E-state index contributed by atoms with van der Waals surface area (Å²) in [6.45, 7) is 1.55. The first-order valence-corrected chi connectivity index (χ1v) is 7.10. The maximum absolute atomic E-state index is 12.2.